The van der Waals surface area contributed by atoms with Gasteiger partial charge in [0.1, 0.15) is 17.8 Å². The van der Waals surface area contributed by atoms with E-state index in [2.05, 4.69) is 16.0 Å². The molecule has 1 aromatic heterocycles. The Bertz CT molecular complexity index is 1180. The van der Waals surface area contributed by atoms with Crippen LogP contribution in [0.5, 0.6) is 0 Å². The molecule has 0 saturated carbocycles. The lowest BCUT2D eigenvalue weighted by atomic mass is 9.93. The summed E-state index contributed by atoms with van der Waals surface area (Å²) < 4.78 is 29.0. The Morgan fingerprint density at radius 3 is 2.59 bits per heavy atom. The average Bonchev–Trinajstić information content (AvgIpc) is 3.36. The minimum absolute atomic E-state index is 0.00213. The van der Waals surface area contributed by atoms with Crippen LogP contribution < -0.4 is 27.4 Å². The summed E-state index contributed by atoms with van der Waals surface area (Å²) >= 11 is 7.10. The van der Waals surface area contributed by atoms with Gasteiger partial charge in [-0.1, -0.05) is 17.7 Å². The average molecular weight is 508 g/mol. The van der Waals surface area contributed by atoms with E-state index in [4.69, 9.17) is 23.1 Å². The van der Waals surface area contributed by atoms with E-state index in [0.29, 0.717) is 21.8 Å². The third kappa shape index (κ3) is 5.71. The van der Waals surface area contributed by atoms with Gasteiger partial charge in [-0.05, 0) is 61.8 Å². The van der Waals surface area contributed by atoms with Gasteiger partial charge < -0.3 is 22.1 Å². The minimum atomic E-state index is -1.21. The van der Waals surface area contributed by atoms with Crippen LogP contribution in [-0.4, -0.2) is 25.4 Å². The fraction of sp³-hybridized carbons (Fsp3) is 0.217. The number of benzene rings is 2. The van der Waals surface area contributed by atoms with Crippen LogP contribution in [0.1, 0.15) is 39.3 Å². The van der Waals surface area contributed by atoms with E-state index in [1.54, 1.807) is 42.8 Å². The van der Waals surface area contributed by atoms with Crippen molar-refractivity contribution in [3.05, 3.63) is 80.5 Å². The molecule has 0 aliphatic carbocycles. The van der Waals surface area contributed by atoms with E-state index >= 15 is 0 Å². The number of nitrogens with one attached hydrogen (secondary N) is 3. The van der Waals surface area contributed by atoms with Crippen LogP contribution in [0, 0.1) is 11.6 Å². The molecule has 2 aromatic carbocycles. The van der Waals surface area contributed by atoms with Crippen molar-refractivity contribution in [2.24, 2.45) is 5.73 Å². The van der Waals surface area contributed by atoms with Crippen LogP contribution in [0.3, 0.4) is 0 Å². The van der Waals surface area contributed by atoms with Crippen LogP contribution in [0.15, 0.2) is 47.8 Å². The summed E-state index contributed by atoms with van der Waals surface area (Å²) in [6.07, 6.45) is -0.660. The standard InChI is InChI=1S/C23H24ClF2N5O2S/c1-29-21(31-23(33)18-3-2-10-34-18)14-11-12(4-7-17(14)28)30-22(32)13(8-9-27)19-16(25)6-5-15(24)20(19)26/h2-7,10-11,13,21,29H,8-9,27-28H2,1H3,(H,30,32)(H,31,33). The van der Waals surface area contributed by atoms with Crippen molar-refractivity contribution in [1.29, 1.82) is 0 Å². The van der Waals surface area contributed by atoms with E-state index in [9.17, 15) is 18.4 Å². The molecule has 0 radical (unpaired) electrons. The van der Waals surface area contributed by atoms with Gasteiger partial charge >= 0.3 is 0 Å². The maximum Gasteiger partial charge on any atom is 0.262 e. The van der Waals surface area contributed by atoms with Crippen LogP contribution in [-0.2, 0) is 4.79 Å². The number of nitrogens with two attached hydrogens (primary N) is 2. The molecule has 1 heterocycles. The number of hydrogen-bond acceptors (Lipinski definition) is 6. The first-order valence-corrected chi connectivity index (χ1v) is 11.6. The topological polar surface area (TPSA) is 122 Å². The fourth-order valence-electron chi connectivity index (χ4n) is 3.48. The van der Waals surface area contributed by atoms with E-state index in [1.807, 2.05) is 0 Å². The Balaban J connectivity index is 1.86. The minimum Gasteiger partial charge on any atom is -0.398 e. The molecule has 0 fully saturated rings. The van der Waals surface area contributed by atoms with Gasteiger partial charge in [-0.15, -0.1) is 11.3 Å². The van der Waals surface area contributed by atoms with Gasteiger partial charge in [0.2, 0.25) is 5.91 Å². The first-order valence-electron chi connectivity index (χ1n) is 10.3. The Morgan fingerprint density at radius 1 is 1.18 bits per heavy atom. The van der Waals surface area contributed by atoms with Gasteiger partial charge in [0.05, 0.1) is 15.8 Å². The number of amides is 2. The van der Waals surface area contributed by atoms with Gasteiger partial charge in [0, 0.05) is 22.5 Å². The lowest BCUT2D eigenvalue weighted by molar-refractivity contribution is -0.117. The number of carbonyl (C=O) groups is 2. The Hall–Kier alpha value is -3.05. The Labute approximate surface area is 204 Å². The first-order chi connectivity index (χ1) is 16.3. The van der Waals surface area contributed by atoms with Crippen molar-refractivity contribution >= 4 is 46.1 Å². The maximum absolute atomic E-state index is 14.6. The summed E-state index contributed by atoms with van der Waals surface area (Å²) in [5.41, 5.74) is 12.5. The molecular weight excluding hydrogens is 484 g/mol. The molecule has 7 N–H and O–H groups in total. The lowest BCUT2D eigenvalue weighted by Crippen LogP contribution is -2.36. The Morgan fingerprint density at radius 2 is 1.94 bits per heavy atom. The summed E-state index contributed by atoms with van der Waals surface area (Å²) in [5, 5.41) is 9.96. The number of rotatable bonds is 9. The largest absolute Gasteiger partial charge is 0.398 e. The quantitative estimate of drug-likeness (QED) is 0.170. The molecular formula is C23H24ClF2N5O2S. The molecule has 2 amide bonds. The van der Waals surface area contributed by atoms with Gasteiger partial charge in [0.25, 0.3) is 5.91 Å². The molecule has 3 rings (SSSR count). The van der Waals surface area contributed by atoms with Crippen molar-refractivity contribution in [3.8, 4) is 0 Å². The second-order valence-corrected chi connectivity index (χ2v) is 8.75. The van der Waals surface area contributed by atoms with Crippen LogP contribution in [0.4, 0.5) is 20.2 Å². The third-order valence-corrected chi connectivity index (χ3v) is 6.33. The zero-order chi connectivity index (χ0) is 24.8. The number of halogens is 3. The van der Waals surface area contributed by atoms with E-state index < -0.39 is 35.2 Å². The zero-order valence-corrected chi connectivity index (χ0v) is 19.8. The fourth-order valence-corrected chi connectivity index (χ4v) is 4.27. The number of carbonyl (C=O) groups excluding carboxylic acids is 2. The summed E-state index contributed by atoms with van der Waals surface area (Å²) in [7, 11) is 1.64. The van der Waals surface area contributed by atoms with Gasteiger partial charge in [-0.25, -0.2) is 8.78 Å². The smallest absolute Gasteiger partial charge is 0.262 e. The number of anilines is 2. The molecule has 0 spiro atoms. The normalized spacial score (nSPS) is 12.7. The monoisotopic (exact) mass is 507 g/mol. The highest BCUT2D eigenvalue weighted by Crippen LogP contribution is 2.31. The zero-order valence-electron chi connectivity index (χ0n) is 18.2. The van der Waals surface area contributed by atoms with Crippen molar-refractivity contribution in [2.75, 3.05) is 24.6 Å². The molecule has 0 saturated heterocycles. The van der Waals surface area contributed by atoms with Crippen molar-refractivity contribution in [1.82, 2.24) is 10.6 Å². The van der Waals surface area contributed by atoms with Crippen LogP contribution >= 0.6 is 22.9 Å². The molecule has 0 aliphatic rings. The van der Waals surface area contributed by atoms with Crippen LogP contribution in [0.2, 0.25) is 5.02 Å². The molecule has 2 atom stereocenters. The first kappa shape index (κ1) is 25.6. The van der Waals surface area contributed by atoms with Crippen LogP contribution in [0.25, 0.3) is 0 Å². The second-order valence-electron chi connectivity index (χ2n) is 7.39. The third-order valence-electron chi connectivity index (χ3n) is 5.17. The summed E-state index contributed by atoms with van der Waals surface area (Å²) in [6, 6.07) is 10.2. The van der Waals surface area contributed by atoms with E-state index in [1.165, 1.54) is 11.3 Å². The second kappa shape index (κ2) is 11.4. The molecule has 11 heteroatoms. The van der Waals surface area contributed by atoms with E-state index in [0.717, 1.165) is 12.1 Å². The highest BCUT2D eigenvalue weighted by molar-refractivity contribution is 7.12. The molecule has 7 nitrogen and oxygen atoms in total. The molecule has 0 aliphatic heterocycles. The van der Waals surface area contributed by atoms with Crippen molar-refractivity contribution < 1.29 is 18.4 Å². The maximum atomic E-state index is 14.6. The number of hydrogen-bond donors (Lipinski definition) is 5. The highest BCUT2D eigenvalue weighted by Gasteiger charge is 2.28. The van der Waals surface area contributed by atoms with Gasteiger partial charge in [-0.3, -0.25) is 14.9 Å². The molecule has 3 aromatic rings. The Kier molecular flexibility index (Phi) is 8.56. The molecule has 34 heavy (non-hydrogen) atoms. The predicted octanol–water partition coefficient (Wildman–Crippen LogP) is 3.98. The van der Waals surface area contributed by atoms with Crippen molar-refractivity contribution in [2.45, 2.75) is 18.5 Å². The highest BCUT2D eigenvalue weighted by atomic mass is 35.5. The number of nitrogen functional groups attached to an aromatic ring is 1. The van der Waals surface area contributed by atoms with E-state index in [-0.39, 0.29) is 23.9 Å². The molecule has 2 unspecified atom stereocenters. The summed E-state index contributed by atoms with van der Waals surface area (Å²) in [6.45, 7) is 0.0209. The van der Waals surface area contributed by atoms with Gasteiger partial charge in [0.15, 0.2) is 0 Å². The molecule has 0 bridgehead atoms. The molecule has 180 valence electrons. The lowest BCUT2D eigenvalue weighted by Gasteiger charge is -2.22. The number of thiophene rings is 1. The van der Waals surface area contributed by atoms with Gasteiger partial charge in [-0.2, -0.15) is 0 Å². The summed E-state index contributed by atoms with van der Waals surface area (Å²) in [5.74, 6) is -4.05. The van der Waals surface area contributed by atoms with Crippen molar-refractivity contribution in [3.63, 3.8) is 0 Å². The summed E-state index contributed by atoms with van der Waals surface area (Å²) in [4.78, 5) is 26.0. The SMILES string of the molecule is CNC(NC(=O)c1cccs1)c1cc(NC(=O)C(CCN)c2c(F)ccc(Cl)c2F)ccc1N. The predicted molar refractivity (Wildman–Crippen MR) is 131 cm³/mol.